The van der Waals surface area contributed by atoms with Gasteiger partial charge in [0.1, 0.15) is 12.3 Å². The topological polar surface area (TPSA) is 80.0 Å². The smallest absolute Gasteiger partial charge is 0.243 e. The third-order valence-corrected chi connectivity index (χ3v) is 8.31. The number of aromatic nitrogens is 2. The van der Waals surface area contributed by atoms with Crippen LogP contribution in [0.1, 0.15) is 24.5 Å². The van der Waals surface area contributed by atoms with Crippen molar-refractivity contribution in [1.29, 1.82) is 0 Å². The molecular formula is C25H29N5O3S. The number of anilines is 1. The Bertz CT molecular complexity index is 1370. The lowest BCUT2D eigenvalue weighted by Crippen LogP contribution is -2.40. The van der Waals surface area contributed by atoms with Crippen LogP contribution in [-0.2, 0) is 21.3 Å². The molecule has 2 aliphatic heterocycles. The van der Waals surface area contributed by atoms with E-state index in [1.165, 1.54) is 4.31 Å². The van der Waals surface area contributed by atoms with E-state index in [0.717, 1.165) is 46.5 Å². The van der Waals surface area contributed by atoms with Crippen LogP contribution >= 0.6 is 0 Å². The Labute approximate surface area is 200 Å². The Morgan fingerprint density at radius 1 is 1.15 bits per heavy atom. The lowest BCUT2D eigenvalue weighted by atomic mass is 10.1. The summed E-state index contributed by atoms with van der Waals surface area (Å²) in [6, 6.07) is 9.58. The molecule has 0 aliphatic carbocycles. The maximum Gasteiger partial charge on any atom is 0.243 e. The molecule has 0 radical (unpaired) electrons. The zero-order valence-electron chi connectivity index (χ0n) is 19.5. The van der Waals surface area contributed by atoms with Crippen molar-refractivity contribution in [2.24, 2.45) is 4.99 Å². The van der Waals surface area contributed by atoms with E-state index in [1.807, 2.05) is 48.5 Å². The van der Waals surface area contributed by atoms with Crippen molar-refractivity contribution in [2.45, 2.75) is 31.7 Å². The van der Waals surface area contributed by atoms with Crippen LogP contribution in [0.25, 0.3) is 11.0 Å². The molecule has 0 saturated carbocycles. The maximum absolute atomic E-state index is 13.3. The minimum absolute atomic E-state index is 0.337. The van der Waals surface area contributed by atoms with Crippen LogP contribution < -0.4 is 4.90 Å². The van der Waals surface area contributed by atoms with Crippen molar-refractivity contribution >= 4 is 32.5 Å². The van der Waals surface area contributed by atoms with Crippen molar-refractivity contribution in [1.82, 2.24) is 13.9 Å². The summed E-state index contributed by atoms with van der Waals surface area (Å²) in [4.78, 5) is 11.7. The first-order valence-electron chi connectivity index (χ1n) is 11.6. The van der Waals surface area contributed by atoms with Gasteiger partial charge in [-0.2, -0.15) is 4.31 Å². The number of rotatable bonds is 6. The van der Waals surface area contributed by atoms with Crippen molar-refractivity contribution < 1.29 is 13.2 Å². The Kier molecular flexibility index (Phi) is 6.24. The van der Waals surface area contributed by atoms with Crippen molar-refractivity contribution in [3.8, 4) is 0 Å². The second-order valence-electron chi connectivity index (χ2n) is 8.55. The molecule has 178 valence electrons. The number of morpholine rings is 1. The number of nitrogens with zero attached hydrogens (tertiary/aromatic N) is 5. The number of benzene rings is 1. The number of ether oxygens (including phenoxy) is 1. The summed E-state index contributed by atoms with van der Waals surface area (Å²) in [7, 11) is -3.58. The fourth-order valence-corrected chi connectivity index (χ4v) is 6.12. The number of fused-ring (bicyclic) bond motifs is 1. The highest BCUT2D eigenvalue weighted by atomic mass is 32.2. The molecule has 8 nitrogen and oxygen atoms in total. The summed E-state index contributed by atoms with van der Waals surface area (Å²) in [5.41, 5.74) is 4.46. The summed E-state index contributed by atoms with van der Waals surface area (Å²) in [6.45, 7) is 6.91. The van der Waals surface area contributed by atoms with Gasteiger partial charge in [-0.1, -0.05) is 13.0 Å². The zero-order valence-corrected chi connectivity index (χ0v) is 20.3. The van der Waals surface area contributed by atoms with Gasteiger partial charge in [-0.25, -0.2) is 13.4 Å². The van der Waals surface area contributed by atoms with Gasteiger partial charge in [-0.15, -0.1) is 0 Å². The summed E-state index contributed by atoms with van der Waals surface area (Å²) in [5.74, 6) is 0. The number of hydrogen-bond acceptors (Lipinski definition) is 6. The van der Waals surface area contributed by atoms with Crippen LogP contribution in [0, 0.1) is 6.92 Å². The van der Waals surface area contributed by atoms with Crippen molar-refractivity contribution in [3.63, 3.8) is 0 Å². The molecule has 34 heavy (non-hydrogen) atoms. The molecular weight excluding hydrogens is 450 g/mol. The Balaban J connectivity index is 1.41. The molecule has 5 rings (SSSR count). The summed E-state index contributed by atoms with van der Waals surface area (Å²) in [5, 5.41) is 1.09. The molecule has 9 heteroatoms. The predicted molar refractivity (Wildman–Crippen MR) is 134 cm³/mol. The molecule has 2 aromatic heterocycles. The van der Waals surface area contributed by atoms with Gasteiger partial charge in [0.05, 0.1) is 23.8 Å². The molecule has 1 saturated heterocycles. The van der Waals surface area contributed by atoms with E-state index in [0.29, 0.717) is 37.9 Å². The number of hydrogen-bond donors (Lipinski definition) is 0. The molecule has 0 N–H and O–H groups in total. The van der Waals surface area contributed by atoms with E-state index in [1.54, 1.807) is 6.07 Å². The molecule has 2 aliphatic rings. The van der Waals surface area contributed by atoms with Gasteiger partial charge in [0.2, 0.25) is 10.0 Å². The first kappa shape index (κ1) is 22.8. The maximum atomic E-state index is 13.3. The third kappa shape index (κ3) is 4.15. The number of allylic oxidation sites excluding steroid dienone is 1. The molecule has 0 amide bonds. The summed E-state index contributed by atoms with van der Waals surface area (Å²) < 4.78 is 35.5. The van der Waals surface area contributed by atoms with Crippen LogP contribution in [0.4, 0.5) is 5.69 Å². The van der Waals surface area contributed by atoms with Crippen LogP contribution in [-0.4, -0.2) is 61.0 Å². The van der Waals surface area contributed by atoms with Crippen LogP contribution in [0.5, 0.6) is 0 Å². The highest BCUT2D eigenvalue weighted by molar-refractivity contribution is 7.89. The standard InChI is InChI=1S/C25H29N5O3S/c1-3-10-28-17-22(21-5-4-9-26-25(21)28)23-8-11-29(18-27-23)20-7-6-19(2)24(16-20)34(31,32)30-12-14-33-15-13-30/h4-9,11,16-17H,3,10,12-15,18H2,1-2H3. The largest absolute Gasteiger partial charge is 0.379 e. The second kappa shape index (κ2) is 9.32. The Hall–Kier alpha value is -3.01. The van der Waals surface area contributed by atoms with E-state index < -0.39 is 10.0 Å². The number of pyridine rings is 1. The summed E-state index contributed by atoms with van der Waals surface area (Å²) >= 11 is 0. The highest BCUT2D eigenvalue weighted by Gasteiger charge is 2.28. The number of aryl methyl sites for hydroxylation is 2. The van der Waals surface area contributed by atoms with E-state index >= 15 is 0 Å². The molecule has 0 unspecified atom stereocenters. The van der Waals surface area contributed by atoms with Gasteiger partial charge in [0.25, 0.3) is 0 Å². The highest BCUT2D eigenvalue weighted by Crippen LogP contribution is 2.28. The van der Waals surface area contributed by atoms with Gasteiger partial charge < -0.3 is 14.2 Å². The summed E-state index contributed by atoms with van der Waals surface area (Å²) in [6.07, 6.45) is 8.92. The molecule has 1 fully saturated rings. The molecule has 0 atom stereocenters. The monoisotopic (exact) mass is 479 g/mol. The lowest BCUT2D eigenvalue weighted by Gasteiger charge is -2.28. The SMILES string of the molecule is CCCn1cc(C2=NCN(c3ccc(C)c(S(=O)(=O)N4CCOCC4)c3)C=C2)c2cccnc21. The molecule has 0 spiro atoms. The molecule has 3 aromatic rings. The van der Waals surface area contributed by atoms with E-state index in [-0.39, 0.29) is 0 Å². The minimum Gasteiger partial charge on any atom is -0.379 e. The van der Waals surface area contributed by atoms with Gasteiger partial charge in [0, 0.05) is 54.9 Å². The molecule has 0 bridgehead atoms. The quantitative estimate of drug-likeness (QED) is 0.540. The average Bonchev–Trinajstić information content (AvgIpc) is 3.24. The lowest BCUT2D eigenvalue weighted by molar-refractivity contribution is 0.0730. The van der Waals surface area contributed by atoms with Gasteiger partial charge >= 0.3 is 0 Å². The van der Waals surface area contributed by atoms with Crippen LogP contribution in [0.15, 0.2) is 64.9 Å². The fourth-order valence-electron chi connectivity index (χ4n) is 4.46. The first-order valence-corrected chi connectivity index (χ1v) is 13.0. The number of sulfonamides is 1. The van der Waals surface area contributed by atoms with Crippen LogP contribution in [0.2, 0.25) is 0 Å². The number of aliphatic imine (C=N–C) groups is 1. The van der Waals surface area contributed by atoms with E-state index in [4.69, 9.17) is 9.73 Å². The van der Waals surface area contributed by atoms with Crippen LogP contribution in [0.3, 0.4) is 0 Å². The fraction of sp³-hybridized carbons (Fsp3) is 0.360. The third-order valence-electron chi connectivity index (χ3n) is 6.27. The molecule has 1 aromatic carbocycles. The normalized spacial score (nSPS) is 17.4. The Morgan fingerprint density at radius 2 is 1.97 bits per heavy atom. The second-order valence-corrected chi connectivity index (χ2v) is 10.5. The first-order chi connectivity index (χ1) is 16.5. The van der Waals surface area contributed by atoms with Gasteiger partial charge in [0.15, 0.2) is 0 Å². The molecule has 4 heterocycles. The average molecular weight is 480 g/mol. The van der Waals surface area contributed by atoms with E-state index in [9.17, 15) is 8.42 Å². The predicted octanol–water partition coefficient (Wildman–Crippen LogP) is 3.56. The van der Waals surface area contributed by atoms with Gasteiger partial charge in [-0.3, -0.25) is 4.99 Å². The van der Waals surface area contributed by atoms with Gasteiger partial charge in [-0.05, 0) is 49.2 Å². The zero-order chi connectivity index (χ0) is 23.7. The minimum atomic E-state index is -3.58. The Morgan fingerprint density at radius 3 is 2.71 bits per heavy atom. The van der Waals surface area contributed by atoms with Crippen molar-refractivity contribution in [3.05, 3.63) is 66.1 Å². The van der Waals surface area contributed by atoms with E-state index in [2.05, 4.69) is 28.7 Å². The van der Waals surface area contributed by atoms with Crippen molar-refractivity contribution in [2.75, 3.05) is 37.9 Å².